The number of carbonyl (C=O) groups excluding carboxylic acids is 1. The number of unbranched alkanes of at least 4 members (excludes halogenated alkanes) is 3. The van der Waals surface area contributed by atoms with Gasteiger partial charge in [0.15, 0.2) is 5.78 Å². The lowest BCUT2D eigenvalue weighted by molar-refractivity contribution is 0.0977. The maximum absolute atomic E-state index is 11.9. The van der Waals surface area contributed by atoms with Crippen molar-refractivity contribution in [3.8, 4) is 0 Å². The van der Waals surface area contributed by atoms with E-state index in [1.165, 1.54) is 5.56 Å². The van der Waals surface area contributed by atoms with Crippen LogP contribution < -0.4 is 0 Å². The molecule has 2 aromatic rings. The maximum atomic E-state index is 11.9. The van der Waals surface area contributed by atoms with Crippen molar-refractivity contribution in [1.29, 1.82) is 0 Å². The normalized spacial score (nSPS) is 10.5. The second-order valence-corrected chi connectivity index (χ2v) is 5.49. The van der Waals surface area contributed by atoms with E-state index in [1.54, 1.807) is 0 Å². The van der Waals surface area contributed by atoms with Crippen molar-refractivity contribution in [3.05, 3.63) is 71.8 Å². The Hall–Kier alpha value is -1.93. The molecule has 0 aliphatic carbocycles. The molecule has 0 saturated heterocycles. The van der Waals surface area contributed by atoms with Crippen LogP contribution in [0.2, 0.25) is 0 Å². The molecule has 0 aliphatic rings. The predicted octanol–water partition coefficient (Wildman–Crippen LogP) is 5.04. The number of benzene rings is 2. The van der Waals surface area contributed by atoms with E-state index in [9.17, 15) is 4.79 Å². The molecule has 0 atom stereocenters. The quantitative estimate of drug-likeness (QED) is 0.453. The van der Waals surface area contributed by atoms with Crippen molar-refractivity contribution in [2.75, 3.05) is 6.61 Å². The lowest BCUT2D eigenvalue weighted by atomic mass is 10.0. The van der Waals surface area contributed by atoms with Crippen molar-refractivity contribution in [2.24, 2.45) is 0 Å². The molecule has 22 heavy (non-hydrogen) atoms. The first kappa shape index (κ1) is 16.4. The van der Waals surface area contributed by atoms with Crippen molar-refractivity contribution in [1.82, 2.24) is 0 Å². The summed E-state index contributed by atoms with van der Waals surface area (Å²) in [6, 6.07) is 19.8. The van der Waals surface area contributed by atoms with Crippen LogP contribution in [0, 0.1) is 0 Å². The van der Waals surface area contributed by atoms with Crippen LogP contribution >= 0.6 is 0 Å². The van der Waals surface area contributed by atoms with Crippen molar-refractivity contribution in [2.45, 2.75) is 38.7 Å². The van der Waals surface area contributed by atoms with E-state index in [4.69, 9.17) is 4.74 Å². The van der Waals surface area contributed by atoms with Crippen LogP contribution in [0.4, 0.5) is 0 Å². The smallest absolute Gasteiger partial charge is 0.162 e. The van der Waals surface area contributed by atoms with Crippen molar-refractivity contribution >= 4 is 5.78 Å². The van der Waals surface area contributed by atoms with E-state index in [2.05, 4.69) is 12.1 Å². The van der Waals surface area contributed by atoms with Crippen LogP contribution in [0.25, 0.3) is 0 Å². The zero-order valence-electron chi connectivity index (χ0n) is 13.0. The molecule has 0 amide bonds. The van der Waals surface area contributed by atoms with E-state index >= 15 is 0 Å². The first-order valence-electron chi connectivity index (χ1n) is 8.06. The van der Waals surface area contributed by atoms with Gasteiger partial charge in [-0.1, -0.05) is 73.5 Å². The van der Waals surface area contributed by atoms with Gasteiger partial charge in [0.1, 0.15) is 0 Å². The maximum Gasteiger partial charge on any atom is 0.162 e. The Kier molecular flexibility index (Phi) is 7.40. The molecule has 2 nitrogen and oxygen atoms in total. The number of hydrogen-bond acceptors (Lipinski definition) is 2. The highest BCUT2D eigenvalue weighted by molar-refractivity contribution is 5.95. The Bertz CT molecular complexity index is 534. The summed E-state index contributed by atoms with van der Waals surface area (Å²) in [7, 11) is 0. The van der Waals surface area contributed by atoms with Crippen LogP contribution in [0.15, 0.2) is 60.7 Å². The van der Waals surface area contributed by atoms with E-state index in [0.29, 0.717) is 13.0 Å². The molecule has 0 aromatic heterocycles. The fourth-order valence-corrected chi connectivity index (χ4v) is 2.38. The number of rotatable bonds is 10. The molecular formula is C20H24O2. The molecule has 2 aromatic carbocycles. The lowest BCUT2D eigenvalue weighted by Crippen LogP contribution is -1.99. The van der Waals surface area contributed by atoms with Crippen LogP contribution in [0.1, 0.15) is 48.0 Å². The second kappa shape index (κ2) is 9.91. The second-order valence-electron chi connectivity index (χ2n) is 5.49. The fourth-order valence-electron chi connectivity index (χ4n) is 2.38. The van der Waals surface area contributed by atoms with Gasteiger partial charge in [-0.2, -0.15) is 0 Å². The zero-order valence-corrected chi connectivity index (χ0v) is 13.0. The Morgan fingerprint density at radius 2 is 1.41 bits per heavy atom. The van der Waals surface area contributed by atoms with Crippen molar-refractivity contribution < 1.29 is 9.53 Å². The molecular weight excluding hydrogens is 272 g/mol. The largest absolute Gasteiger partial charge is 0.377 e. The summed E-state index contributed by atoms with van der Waals surface area (Å²) < 4.78 is 5.65. The van der Waals surface area contributed by atoms with Gasteiger partial charge >= 0.3 is 0 Å². The Morgan fingerprint density at radius 1 is 0.773 bits per heavy atom. The minimum absolute atomic E-state index is 0.251. The summed E-state index contributed by atoms with van der Waals surface area (Å²) in [5, 5.41) is 0. The zero-order chi connectivity index (χ0) is 15.5. The van der Waals surface area contributed by atoms with E-state index in [0.717, 1.165) is 37.9 Å². The van der Waals surface area contributed by atoms with E-state index in [1.807, 2.05) is 48.5 Å². The van der Waals surface area contributed by atoms with Crippen LogP contribution in [-0.4, -0.2) is 12.4 Å². The summed E-state index contributed by atoms with van der Waals surface area (Å²) in [6.07, 6.45) is 4.89. The summed E-state index contributed by atoms with van der Waals surface area (Å²) in [4.78, 5) is 11.9. The molecule has 0 aliphatic heterocycles. The summed E-state index contributed by atoms with van der Waals surface area (Å²) >= 11 is 0. The lowest BCUT2D eigenvalue weighted by Gasteiger charge is -2.04. The SMILES string of the molecule is O=C(CCCCCCOCc1ccccc1)c1ccccc1. The predicted molar refractivity (Wildman–Crippen MR) is 90.0 cm³/mol. The molecule has 0 N–H and O–H groups in total. The standard InChI is InChI=1S/C20H24O2/c21-20(19-13-7-4-8-14-19)15-9-1-2-10-16-22-17-18-11-5-3-6-12-18/h3-8,11-14H,1-2,9-10,15-17H2. The highest BCUT2D eigenvalue weighted by Gasteiger charge is 2.03. The molecule has 0 fully saturated rings. The molecule has 0 radical (unpaired) electrons. The molecule has 0 spiro atoms. The van der Waals surface area contributed by atoms with Gasteiger partial charge in [0.25, 0.3) is 0 Å². The number of carbonyl (C=O) groups is 1. The first-order valence-corrected chi connectivity index (χ1v) is 8.06. The van der Waals surface area contributed by atoms with Crippen LogP contribution in [-0.2, 0) is 11.3 Å². The third-order valence-corrected chi connectivity index (χ3v) is 3.65. The number of ketones is 1. The van der Waals surface area contributed by atoms with E-state index < -0.39 is 0 Å². The fraction of sp³-hybridized carbons (Fsp3) is 0.350. The molecule has 0 saturated carbocycles. The number of hydrogen-bond donors (Lipinski definition) is 0. The van der Waals surface area contributed by atoms with Gasteiger partial charge in [-0.3, -0.25) is 4.79 Å². The Balaban J connectivity index is 1.47. The van der Waals surface area contributed by atoms with Gasteiger partial charge in [-0.15, -0.1) is 0 Å². The molecule has 116 valence electrons. The van der Waals surface area contributed by atoms with Gasteiger partial charge in [-0.25, -0.2) is 0 Å². The molecule has 2 rings (SSSR count). The van der Waals surface area contributed by atoms with Gasteiger partial charge < -0.3 is 4.74 Å². The number of Topliss-reactive ketones (excluding diaryl/α,β-unsaturated/α-hetero) is 1. The molecule has 0 bridgehead atoms. The molecule has 0 heterocycles. The summed E-state index contributed by atoms with van der Waals surface area (Å²) in [6.45, 7) is 1.48. The average Bonchev–Trinajstić information content (AvgIpc) is 2.59. The van der Waals surface area contributed by atoms with Gasteiger partial charge in [0.2, 0.25) is 0 Å². The van der Waals surface area contributed by atoms with Gasteiger partial charge in [0, 0.05) is 18.6 Å². The minimum atomic E-state index is 0.251. The van der Waals surface area contributed by atoms with Crippen LogP contribution in [0.5, 0.6) is 0 Å². The third-order valence-electron chi connectivity index (χ3n) is 3.65. The highest BCUT2D eigenvalue weighted by atomic mass is 16.5. The average molecular weight is 296 g/mol. The van der Waals surface area contributed by atoms with Crippen molar-refractivity contribution in [3.63, 3.8) is 0 Å². The van der Waals surface area contributed by atoms with Gasteiger partial charge in [-0.05, 0) is 18.4 Å². The Labute approximate surface area is 133 Å². The molecule has 0 unspecified atom stereocenters. The number of ether oxygens (including phenoxy) is 1. The first-order chi connectivity index (χ1) is 10.9. The molecule has 2 heteroatoms. The van der Waals surface area contributed by atoms with E-state index in [-0.39, 0.29) is 5.78 Å². The Morgan fingerprint density at radius 3 is 2.14 bits per heavy atom. The summed E-state index contributed by atoms with van der Waals surface area (Å²) in [5.41, 5.74) is 2.05. The van der Waals surface area contributed by atoms with Gasteiger partial charge in [0.05, 0.1) is 6.61 Å². The summed E-state index contributed by atoms with van der Waals surface area (Å²) in [5.74, 6) is 0.251. The highest BCUT2D eigenvalue weighted by Crippen LogP contribution is 2.09. The topological polar surface area (TPSA) is 26.3 Å². The van der Waals surface area contributed by atoms with Crippen LogP contribution in [0.3, 0.4) is 0 Å². The monoisotopic (exact) mass is 296 g/mol. The minimum Gasteiger partial charge on any atom is -0.377 e. The third kappa shape index (κ3) is 6.23.